The minimum Gasteiger partial charge on any atom is -0.493 e. The van der Waals surface area contributed by atoms with Crippen molar-refractivity contribution in [1.82, 2.24) is 0 Å². The molecule has 4 heteroatoms. The number of rotatable bonds is 5. The summed E-state index contributed by atoms with van der Waals surface area (Å²) in [4.78, 5) is 0. The highest BCUT2D eigenvalue weighted by Gasteiger charge is 2.02. The smallest absolute Gasteiger partial charge is 0.205 e. The molecule has 0 bridgehead atoms. The monoisotopic (exact) mass is 235 g/mol. The van der Waals surface area contributed by atoms with Crippen molar-refractivity contribution in [3.05, 3.63) is 29.8 Å². The maximum absolute atomic E-state index is 7.45. The molecule has 1 aromatic rings. The van der Waals surface area contributed by atoms with E-state index in [9.17, 15) is 0 Å². The summed E-state index contributed by atoms with van der Waals surface area (Å²) < 4.78 is 15.3. The highest BCUT2D eigenvalue weighted by atomic mass is 16.5. The quantitative estimate of drug-likeness (QED) is 0.630. The van der Waals surface area contributed by atoms with Gasteiger partial charge in [0.15, 0.2) is 11.5 Å². The van der Waals surface area contributed by atoms with Crippen molar-refractivity contribution in [1.29, 1.82) is 5.41 Å². The molecule has 0 saturated carbocycles. The number of hydrogen-bond donors (Lipinski definition) is 1. The Bertz CT molecular complexity index is 413. The molecule has 1 rings (SSSR count). The van der Waals surface area contributed by atoms with Crippen molar-refractivity contribution in [3.63, 3.8) is 0 Å². The molecule has 0 fully saturated rings. The number of hydrogen-bond acceptors (Lipinski definition) is 4. The lowest BCUT2D eigenvalue weighted by atomic mass is 10.2. The average Bonchev–Trinajstić information content (AvgIpc) is 2.36. The molecule has 0 aromatic heterocycles. The van der Waals surface area contributed by atoms with Crippen molar-refractivity contribution < 1.29 is 14.2 Å². The average molecular weight is 235 g/mol. The Morgan fingerprint density at radius 2 is 1.94 bits per heavy atom. The minimum atomic E-state index is 0.141. The van der Waals surface area contributed by atoms with Crippen LogP contribution in [0.5, 0.6) is 11.5 Å². The van der Waals surface area contributed by atoms with E-state index in [0.717, 1.165) is 5.56 Å². The summed E-state index contributed by atoms with van der Waals surface area (Å²) in [5, 5.41) is 7.45. The van der Waals surface area contributed by atoms with Gasteiger partial charge in [0, 0.05) is 6.08 Å². The zero-order chi connectivity index (χ0) is 12.7. The van der Waals surface area contributed by atoms with Crippen LogP contribution in [-0.2, 0) is 4.74 Å². The van der Waals surface area contributed by atoms with E-state index in [-0.39, 0.29) is 5.90 Å². The predicted octanol–water partition coefficient (Wildman–Crippen LogP) is 2.73. The molecule has 0 spiro atoms. The molecule has 0 amide bonds. The molecule has 0 heterocycles. The zero-order valence-electron chi connectivity index (χ0n) is 10.3. The molecule has 4 nitrogen and oxygen atoms in total. The van der Waals surface area contributed by atoms with Gasteiger partial charge < -0.3 is 14.2 Å². The molecule has 0 aliphatic heterocycles. The van der Waals surface area contributed by atoms with Gasteiger partial charge in [-0.1, -0.05) is 6.07 Å². The van der Waals surface area contributed by atoms with Crippen molar-refractivity contribution in [2.45, 2.75) is 6.92 Å². The van der Waals surface area contributed by atoms with E-state index in [1.165, 1.54) is 0 Å². The van der Waals surface area contributed by atoms with Crippen LogP contribution < -0.4 is 9.47 Å². The molecule has 1 aromatic carbocycles. The number of nitrogens with one attached hydrogen (secondary N) is 1. The second kappa shape index (κ2) is 6.58. The van der Waals surface area contributed by atoms with E-state index in [1.54, 1.807) is 26.4 Å². The van der Waals surface area contributed by atoms with Gasteiger partial charge in [-0.2, -0.15) is 0 Å². The first-order valence-corrected chi connectivity index (χ1v) is 5.32. The maximum atomic E-state index is 7.45. The standard InChI is InChI=1S/C13H17NO3/c1-4-17-13(14)8-6-10-5-7-11(15-2)12(9-10)16-3/h5-9,14H,4H2,1-3H3/b8-6+,14-13?. The van der Waals surface area contributed by atoms with Crippen LogP contribution in [-0.4, -0.2) is 26.7 Å². The summed E-state index contributed by atoms with van der Waals surface area (Å²) in [5.74, 6) is 1.49. The third kappa shape index (κ3) is 3.83. The third-order valence-electron chi connectivity index (χ3n) is 2.13. The van der Waals surface area contributed by atoms with Gasteiger partial charge >= 0.3 is 0 Å². The van der Waals surface area contributed by atoms with E-state index < -0.39 is 0 Å². The van der Waals surface area contributed by atoms with Crippen LogP contribution in [0, 0.1) is 5.41 Å². The first-order chi connectivity index (χ1) is 8.21. The van der Waals surface area contributed by atoms with Gasteiger partial charge in [-0.25, -0.2) is 0 Å². The normalized spacial score (nSPS) is 10.3. The van der Waals surface area contributed by atoms with Gasteiger partial charge in [-0.15, -0.1) is 0 Å². The summed E-state index contributed by atoms with van der Waals surface area (Å²) in [5.41, 5.74) is 0.923. The first kappa shape index (κ1) is 13.1. The molecule has 1 N–H and O–H groups in total. The molecule has 0 unspecified atom stereocenters. The summed E-state index contributed by atoms with van der Waals surface area (Å²) in [6.45, 7) is 2.34. The van der Waals surface area contributed by atoms with Crippen molar-refractivity contribution in [3.8, 4) is 11.5 Å². The molecule has 0 atom stereocenters. The van der Waals surface area contributed by atoms with Crippen LogP contribution in [0.3, 0.4) is 0 Å². The number of methoxy groups -OCH3 is 2. The largest absolute Gasteiger partial charge is 0.493 e. The van der Waals surface area contributed by atoms with Crippen LogP contribution in [0.15, 0.2) is 24.3 Å². The lowest BCUT2D eigenvalue weighted by molar-refractivity contribution is 0.327. The maximum Gasteiger partial charge on any atom is 0.205 e. The van der Waals surface area contributed by atoms with E-state index in [0.29, 0.717) is 18.1 Å². The Morgan fingerprint density at radius 3 is 2.53 bits per heavy atom. The van der Waals surface area contributed by atoms with E-state index >= 15 is 0 Å². The Balaban J connectivity index is 2.82. The Morgan fingerprint density at radius 1 is 1.24 bits per heavy atom. The SMILES string of the molecule is CCOC(=N)/C=C/c1ccc(OC)c(OC)c1. The Hall–Kier alpha value is -1.97. The molecule has 0 aliphatic rings. The highest BCUT2D eigenvalue weighted by molar-refractivity contribution is 5.89. The first-order valence-electron chi connectivity index (χ1n) is 5.32. The number of ether oxygens (including phenoxy) is 3. The van der Waals surface area contributed by atoms with Crippen molar-refractivity contribution in [2.75, 3.05) is 20.8 Å². The second-order valence-corrected chi connectivity index (χ2v) is 3.25. The topological polar surface area (TPSA) is 51.5 Å². The number of benzene rings is 1. The van der Waals surface area contributed by atoms with Gasteiger partial charge in [0.05, 0.1) is 20.8 Å². The predicted molar refractivity (Wildman–Crippen MR) is 67.9 cm³/mol. The van der Waals surface area contributed by atoms with Crippen molar-refractivity contribution >= 4 is 12.0 Å². The highest BCUT2D eigenvalue weighted by Crippen LogP contribution is 2.27. The van der Waals surface area contributed by atoms with Crippen LogP contribution in [0.4, 0.5) is 0 Å². The van der Waals surface area contributed by atoms with Gasteiger partial charge in [0.2, 0.25) is 5.90 Å². The van der Waals surface area contributed by atoms with E-state index in [4.69, 9.17) is 19.6 Å². The minimum absolute atomic E-state index is 0.141. The van der Waals surface area contributed by atoms with Crippen LogP contribution >= 0.6 is 0 Å². The van der Waals surface area contributed by atoms with Gasteiger partial charge in [-0.05, 0) is 30.7 Å². The molecule has 0 aliphatic carbocycles. The van der Waals surface area contributed by atoms with E-state index in [2.05, 4.69) is 0 Å². The molecule has 17 heavy (non-hydrogen) atoms. The van der Waals surface area contributed by atoms with Crippen LogP contribution in [0.25, 0.3) is 6.08 Å². The lowest BCUT2D eigenvalue weighted by Crippen LogP contribution is -1.97. The molecule has 0 radical (unpaired) electrons. The molecule has 92 valence electrons. The van der Waals surface area contributed by atoms with Crippen LogP contribution in [0.1, 0.15) is 12.5 Å². The van der Waals surface area contributed by atoms with E-state index in [1.807, 2.05) is 25.1 Å². The third-order valence-corrected chi connectivity index (χ3v) is 2.13. The van der Waals surface area contributed by atoms with Gasteiger partial charge in [0.1, 0.15) is 0 Å². The zero-order valence-corrected chi connectivity index (χ0v) is 10.3. The molecular formula is C13H17NO3. The summed E-state index contributed by atoms with van der Waals surface area (Å²) >= 11 is 0. The Kier molecular flexibility index (Phi) is 5.07. The van der Waals surface area contributed by atoms with Gasteiger partial charge in [0.25, 0.3) is 0 Å². The van der Waals surface area contributed by atoms with Gasteiger partial charge in [-0.3, -0.25) is 5.41 Å². The second-order valence-electron chi connectivity index (χ2n) is 3.25. The molecular weight excluding hydrogens is 218 g/mol. The summed E-state index contributed by atoms with van der Waals surface area (Å²) in [6, 6.07) is 5.55. The Labute approximate surface area is 101 Å². The lowest BCUT2D eigenvalue weighted by Gasteiger charge is -2.07. The van der Waals surface area contributed by atoms with Crippen LogP contribution in [0.2, 0.25) is 0 Å². The van der Waals surface area contributed by atoms with Crippen molar-refractivity contribution in [2.24, 2.45) is 0 Å². The fourth-order valence-corrected chi connectivity index (χ4v) is 1.33. The molecule has 0 saturated heterocycles. The fraction of sp³-hybridized carbons (Fsp3) is 0.308. The fourth-order valence-electron chi connectivity index (χ4n) is 1.33. The summed E-state index contributed by atoms with van der Waals surface area (Å²) in [6.07, 6.45) is 3.39. The summed E-state index contributed by atoms with van der Waals surface area (Å²) in [7, 11) is 3.19.